The highest BCUT2D eigenvalue weighted by atomic mass is 79.9. The van der Waals surface area contributed by atoms with Crippen LogP contribution in [-0.2, 0) is 20.9 Å². The van der Waals surface area contributed by atoms with Crippen LogP contribution in [0, 0.1) is 5.92 Å². The maximum atomic E-state index is 12.0. The first-order valence-corrected chi connectivity index (χ1v) is 7.36. The van der Waals surface area contributed by atoms with Gasteiger partial charge in [-0.15, -0.1) is 0 Å². The molecule has 0 bridgehead atoms. The zero-order valence-electron chi connectivity index (χ0n) is 12.3. The number of nitrogens with one attached hydrogen (secondary N) is 1. The summed E-state index contributed by atoms with van der Waals surface area (Å²) < 4.78 is 6.64. The fourth-order valence-electron chi connectivity index (χ4n) is 1.85. The summed E-state index contributed by atoms with van der Waals surface area (Å²) >= 11 is 3.24. The second-order valence-corrected chi connectivity index (χ2v) is 6.00. The highest BCUT2D eigenvalue weighted by molar-refractivity contribution is 9.10. The number of esters is 1. The Morgan fingerprint density at radius 3 is 2.62 bits per heavy atom. The Labute approximate surface area is 131 Å². The largest absolute Gasteiger partial charge is 0.467 e. The van der Waals surface area contributed by atoms with Crippen molar-refractivity contribution in [1.82, 2.24) is 9.88 Å². The SMILES string of the molecule is COC(=O)C(CC(C)C)NC(=O)Cn1cc(Br)ccc1=O. The van der Waals surface area contributed by atoms with E-state index in [-0.39, 0.29) is 18.0 Å². The lowest BCUT2D eigenvalue weighted by molar-refractivity contribution is -0.145. The van der Waals surface area contributed by atoms with Crippen molar-refractivity contribution in [3.8, 4) is 0 Å². The van der Waals surface area contributed by atoms with E-state index in [2.05, 4.69) is 26.0 Å². The number of rotatable bonds is 6. The fraction of sp³-hybridized carbons (Fsp3) is 0.500. The van der Waals surface area contributed by atoms with Gasteiger partial charge >= 0.3 is 5.97 Å². The lowest BCUT2D eigenvalue weighted by Crippen LogP contribution is -2.44. The number of hydrogen-bond donors (Lipinski definition) is 1. The number of pyridine rings is 1. The Morgan fingerprint density at radius 2 is 2.05 bits per heavy atom. The van der Waals surface area contributed by atoms with E-state index < -0.39 is 17.9 Å². The molecule has 0 aliphatic heterocycles. The molecule has 0 fully saturated rings. The van der Waals surface area contributed by atoms with Gasteiger partial charge in [0.05, 0.1) is 7.11 Å². The van der Waals surface area contributed by atoms with Gasteiger partial charge in [0.1, 0.15) is 12.6 Å². The number of hydrogen-bond acceptors (Lipinski definition) is 4. The minimum Gasteiger partial charge on any atom is -0.467 e. The topological polar surface area (TPSA) is 77.4 Å². The summed E-state index contributed by atoms with van der Waals surface area (Å²) in [5, 5.41) is 2.61. The molecule has 0 saturated carbocycles. The molecule has 6 nitrogen and oxygen atoms in total. The van der Waals surface area contributed by atoms with Gasteiger partial charge in [-0.1, -0.05) is 13.8 Å². The molecule has 1 aromatic rings. The van der Waals surface area contributed by atoms with Crippen molar-refractivity contribution in [2.45, 2.75) is 32.9 Å². The van der Waals surface area contributed by atoms with Crippen molar-refractivity contribution in [2.24, 2.45) is 5.92 Å². The standard InChI is InChI=1S/C14H19BrN2O4/c1-9(2)6-11(14(20)21-3)16-12(18)8-17-7-10(15)4-5-13(17)19/h4-5,7,9,11H,6,8H2,1-3H3,(H,16,18). The maximum absolute atomic E-state index is 12.0. The van der Waals surface area contributed by atoms with Gasteiger partial charge in [-0.2, -0.15) is 0 Å². The van der Waals surface area contributed by atoms with Crippen molar-refractivity contribution in [2.75, 3.05) is 7.11 Å². The Hall–Kier alpha value is -1.63. The molecule has 0 saturated heterocycles. The second kappa shape index (κ2) is 7.97. The molecule has 21 heavy (non-hydrogen) atoms. The number of halogens is 1. The molecule has 0 aliphatic carbocycles. The van der Waals surface area contributed by atoms with Gasteiger partial charge in [-0.25, -0.2) is 4.79 Å². The van der Waals surface area contributed by atoms with Crippen LogP contribution in [0.3, 0.4) is 0 Å². The van der Waals surface area contributed by atoms with Gasteiger partial charge < -0.3 is 14.6 Å². The third-order valence-corrected chi connectivity index (χ3v) is 3.26. The molecular formula is C14H19BrN2O4. The molecule has 7 heteroatoms. The van der Waals surface area contributed by atoms with E-state index in [1.54, 1.807) is 6.07 Å². The summed E-state index contributed by atoms with van der Waals surface area (Å²) in [7, 11) is 1.28. The van der Waals surface area contributed by atoms with Crippen molar-refractivity contribution in [3.05, 3.63) is 33.2 Å². The first kappa shape index (κ1) is 17.4. The molecule has 0 aromatic carbocycles. The summed E-state index contributed by atoms with van der Waals surface area (Å²) in [6, 6.07) is 2.26. The summed E-state index contributed by atoms with van der Waals surface area (Å²) in [5.74, 6) is -0.673. The third-order valence-electron chi connectivity index (χ3n) is 2.79. The zero-order valence-corrected chi connectivity index (χ0v) is 13.8. The summed E-state index contributed by atoms with van der Waals surface area (Å²) in [6.07, 6.45) is 2.00. The van der Waals surface area contributed by atoms with Gasteiger partial charge in [0.15, 0.2) is 0 Å². The molecule has 1 amide bonds. The number of nitrogens with zero attached hydrogens (tertiary/aromatic N) is 1. The van der Waals surface area contributed by atoms with Crippen LogP contribution in [0.5, 0.6) is 0 Å². The Kier molecular flexibility index (Phi) is 6.61. The van der Waals surface area contributed by atoms with E-state index in [1.807, 2.05) is 13.8 Å². The van der Waals surface area contributed by atoms with E-state index in [0.717, 1.165) is 0 Å². The van der Waals surface area contributed by atoms with Gasteiger partial charge in [0.25, 0.3) is 5.56 Å². The lowest BCUT2D eigenvalue weighted by Gasteiger charge is -2.18. The predicted molar refractivity (Wildman–Crippen MR) is 81.8 cm³/mol. The highest BCUT2D eigenvalue weighted by Gasteiger charge is 2.22. The van der Waals surface area contributed by atoms with Crippen LogP contribution in [-0.4, -0.2) is 29.6 Å². The van der Waals surface area contributed by atoms with Gasteiger partial charge in [-0.05, 0) is 34.3 Å². The maximum Gasteiger partial charge on any atom is 0.328 e. The van der Waals surface area contributed by atoms with Crippen molar-refractivity contribution < 1.29 is 14.3 Å². The molecule has 1 N–H and O–H groups in total. The minimum atomic E-state index is -0.703. The summed E-state index contributed by atoms with van der Waals surface area (Å²) in [4.78, 5) is 35.3. The number of carbonyl (C=O) groups is 2. The molecule has 1 atom stereocenters. The smallest absolute Gasteiger partial charge is 0.328 e. The van der Waals surface area contributed by atoms with Crippen LogP contribution < -0.4 is 10.9 Å². The van der Waals surface area contributed by atoms with E-state index in [0.29, 0.717) is 10.9 Å². The van der Waals surface area contributed by atoms with Gasteiger partial charge in [0, 0.05) is 16.7 Å². The van der Waals surface area contributed by atoms with E-state index in [1.165, 1.54) is 23.9 Å². The molecule has 116 valence electrons. The highest BCUT2D eigenvalue weighted by Crippen LogP contribution is 2.07. The molecule has 0 radical (unpaired) electrons. The Balaban J connectivity index is 2.76. The number of carbonyl (C=O) groups excluding carboxylic acids is 2. The Morgan fingerprint density at radius 1 is 1.38 bits per heavy atom. The van der Waals surface area contributed by atoms with Gasteiger partial charge in [-0.3, -0.25) is 9.59 Å². The molecule has 1 unspecified atom stereocenters. The second-order valence-electron chi connectivity index (χ2n) is 5.09. The van der Waals surface area contributed by atoms with E-state index in [4.69, 9.17) is 0 Å². The van der Waals surface area contributed by atoms with Crippen LogP contribution >= 0.6 is 15.9 Å². The third kappa shape index (κ3) is 5.71. The number of ether oxygens (including phenoxy) is 1. The van der Waals surface area contributed by atoms with E-state index >= 15 is 0 Å². The molecule has 1 rings (SSSR count). The molecule has 0 spiro atoms. The normalized spacial score (nSPS) is 12.0. The lowest BCUT2D eigenvalue weighted by atomic mass is 10.0. The first-order valence-electron chi connectivity index (χ1n) is 6.56. The fourth-order valence-corrected chi connectivity index (χ4v) is 2.23. The average molecular weight is 359 g/mol. The molecule has 0 aliphatic rings. The zero-order chi connectivity index (χ0) is 16.0. The van der Waals surface area contributed by atoms with Crippen LogP contribution in [0.1, 0.15) is 20.3 Å². The quantitative estimate of drug-likeness (QED) is 0.777. The van der Waals surface area contributed by atoms with Crippen molar-refractivity contribution in [1.29, 1.82) is 0 Å². The molecule has 1 aromatic heterocycles. The van der Waals surface area contributed by atoms with Crippen LogP contribution in [0.4, 0.5) is 0 Å². The monoisotopic (exact) mass is 358 g/mol. The number of methoxy groups -OCH3 is 1. The first-order chi connectivity index (χ1) is 9.83. The number of aromatic nitrogens is 1. The summed E-state index contributed by atoms with van der Waals surface area (Å²) in [5.41, 5.74) is -0.285. The minimum absolute atomic E-state index is 0.149. The predicted octanol–water partition coefficient (Wildman–Crippen LogP) is 1.31. The van der Waals surface area contributed by atoms with E-state index in [9.17, 15) is 14.4 Å². The summed E-state index contributed by atoms with van der Waals surface area (Å²) in [6.45, 7) is 3.74. The van der Waals surface area contributed by atoms with Crippen molar-refractivity contribution in [3.63, 3.8) is 0 Å². The number of amides is 1. The van der Waals surface area contributed by atoms with Crippen LogP contribution in [0.25, 0.3) is 0 Å². The molecule has 1 heterocycles. The van der Waals surface area contributed by atoms with Gasteiger partial charge in [0.2, 0.25) is 5.91 Å². The Bertz CT molecular complexity index is 568. The van der Waals surface area contributed by atoms with Crippen LogP contribution in [0.2, 0.25) is 0 Å². The van der Waals surface area contributed by atoms with Crippen molar-refractivity contribution >= 4 is 27.8 Å². The molecular weight excluding hydrogens is 340 g/mol. The average Bonchev–Trinajstić information content (AvgIpc) is 2.40. The van der Waals surface area contributed by atoms with Crippen LogP contribution in [0.15, 0.2) is 27.6 Å².